The monoisotopic (exact) mass is 531 g/mol. The summed E-state index contributed by atoms with van der Waals surface area (Å²) in [7, 11) is 0. The molecule has 0 spiro atoms. The fraction of sp³-hybridized carbons (Fsp3) is 0.423. The molecule has 0 aliphatic rings. The van der Waals surface area contributed by atoms with Crippen LogP contribution in [0.25, 0.3) is 10.9 Å². The molecule has 1 amide bonds. The molecule has 2 aromatic carbocycles. The predicted octanol–water partition coefficient (Wildman–Crippen LogP) is 4.19. The van der Waals surface area contributed by atoms with Gasteiger partial charge < -0.3 is 30.2 Å². The van der Waals surface area contributed by atoms with Crippen LogP contribution in [0.5, 0.6) is 11.5 Å². The summed E-state index contributed by atoms with van der Waals surface area (Å²) in [6, 6.07) is 12.0. The van der Waals surface area contributed by atoms with Gasteiger partial charge in [0.25, 0.3) is 5.91 Å². The lowest BCUT2D eigenvalue weighted by Gasteiger charge is -2.17. The van der Waals surface area contributed by atoms with E-state index in [0.29, 0.717) is 38.3 Å². The van der Waals surface area contributed by atoms with Crippen molar-refractivity contribution in [1.29, 1.82) is 0 Å². The highest BCUT2D eigenvalue weighted by Gasteiger charge is 2.16. The van der Waals surface area contributed by atoms with Gasteiger partial charge in [-0.1, -0.05) is 15.9 Å². The minimum atomic E-state index is -0.441. The Morgan fingerprint density at radius 1 is 1.21 bits per heavy atom. The summed E-state index contributed by atoms with van der Waals surface area (Å²) in [6.45, 7) is 8.56. The molecule has 8 heteroatoms. The largest absolute Gasteiger partial charge is 0.490 e. The number of aliphatic hydroxyl groups excluding tert-OH is 1. The molecule has 7 nitrogen and oxygen atoms in total. The van der Waals surface area contributed by atoms with E-state index in [1.807, 2.05) is 38.1 Å². The first-order valence-electron chi connectivity index (χ1n) is 11.7. The maximum absolute atomic E-state index is 12.2. The molecule has 3 rings (SSSR count). The van der Waals surface area contributed by atoms with Gasteiger partial charge in [0.1, 0.15) is 6.61 Å². The van der Waals surface area contributed by atoms with Gasteiger partial charge in [0.15, 0.2) is 11.5 Å². The van der Waals surface area contributed by atoms with Crippen molar-refractivity contribution in [1.82, 2.24) is 9.88 Å². The number of carbonyl (C=O) groups excluding carboxylic acids is 1. The molecule has 1 heterocycles. The summed E-state index contributed by atoms with van der Waals surface area (Å²) in [5.41, 5.74) is 9.20. The van der Waals surface area contributed by atoms with Crippen LogP contribution in [0.4, 0.5) is 0 Å². The summed E-state index contributed by atoms with van der Waals surface area (Å²) >= 11 is 3.46. The molecule has 4 N–H and O–H groups in total. The molecular formula is C26H34BrN3O4. The van der Waals surface area contributed by atoms with Gasteiger partial charge >= 0.3 is 0 Å². The molecule has 0 radical (unpaired) electrons. The molecule has 0 bridgehead atoms. The summed E-state index contributed by atoms with van der Waals surface area (Å²) in [5.74, 6) is 0.999. The van der Waals surface area contributed by atoms with Crippen molar-refractivity contribution in [2.75, 3.05) is 26.4 Å². The van der Waals surface area contributed by atoms with Crippen molar-refractivity contribution in [2.24, 2.45) is 5.73 Å². The van der Waals surface area contributed by atoms with Crippen LogP contribution in [0.2, 0.25) is 0 Å². The average Bonchev–Trinajstić information content (AvgIpc) is 3.10. The Balaban J connectivity index is 1.63. The van der Waals surface area contributed by atoms with Gasteiger partial charge in [-0.2, -0.15) is 0 Å². The molecule has 0 fully saturated rings. The van der Waals surface area contributed by atoms with E-state index in [-0.39, 0.29) is 12.6 Å². The second-order valence-corrected chi connectivity index (χ2v) is 9.31. The fourth-order valence-electron chi connectivity index (χ4n) is 4.19. The van der Waals surface area contributed by atoms with Gasteiger partial charge in [-0.25, -0.2) is 0 Å². The number of nitrogens with two attached hydrogens (primary N) is 1. The Labute approximate surface area is 209 Å². The lowest BCUT2D eigenvalue weighted by molar-refractivity contribution is 0.100. The highest BCUT2D eigenvalue weighted by molar-refractivity contribution is 9.10. The molecule has 1 aromatic heterocycles. The van der Waals surface area contributed by atoms with Gasteiger partial charge in [0.05, 0.1) is 17.7 Å². The first-order valence-corrected chi connectivity index (χ1v) is 12.4. The SMILES string of the molecule is CCOc1cc(Br)ccc1OCCNC(C)Cc1cc(C(N)=O)c2c(c1)cc(C)n2CCCO. The Kier molecular flexibility index (Phi) is 9.38. The lowest BCUT2D eigenvalue weighted by atomic mass is 10.0. The van der Waals surface area contributed by atoms with Crippen molar-refractivity contribution in [3.63, 3.8) is 0 Å². The molecule has 0 aliphatic carbocycles. The number of aromatic nitrogens is 1. The van der Waals surface area contributed by atoms with Gasteiger partial charge in [-0.05, 0) is 75.6 Å². The number of nitrogens with one attached hydrogen (secondary N) is 1. The van der Waals surface area contributed by atoms with Crippen LogP contribution in [0.3, 0.4) is 0 Å². The van der Waals surface area contributed by atoms with Gasteiger partial charge in [-0.15, -0.1) is 0 Å². The van der Waals surface area contributed by atoms with Crippen molar-refractivity contribution < 1.29 is 19.4 Å². The van der Waals surface area contributed by atoms with E-state index in [4.69, 9.17) is 15.2 Å². The molecule has 0 saturated heterocycles. The van der Waals surface area contributed by atoms with Crippen LogP contribution < -0.4 is 20.5 Å². The zero-order valence-electron chi connectivity index (χ0n) is 20.1. The number of rotatable bonds is 13. The van der Waals surface area contributed by atoms with Crippen molar-refractivity contribution in [2.45, 2.75) is 46.2 Å². The number of hydrogen-bond acceptors (Lipinski definition) is 5. The van der Waals surface area contributed by atoms with Crippen LogP contribution >= 0.6 is 15.9 Å². The molecule has 184 valence electrons. The first-order chi connectivity index (χ1) is 16.3. The van der Waals surface area contributed by atoms with Crippen molar-refractivity contribution in [3.05, 3.63) is 57.7 Å². The molecule has 0 saturated carbocycles. The standard InChI is InChI=1S/C26H34BrN3O4/c1-4-33-24-16-21(27)6-7-23(24)34-11-8-29-17(2)12-19-14-20-13-18(3)30(9-5-10-31)25(20)22(15-19)26(28)32/h6-7,13-17,29,31H,4-5,8-12H2,1-3H3,(H2,28,32). The Hall–Kier alpha value is -2.55. The number of hydrogen-bond donors (Lipinski definition) is 3. The predicted molar refractivity (Wildman–Crippen MR) is 139 cm³/mol. The number of aryl methyl sites for hydroxylation is 2. The maximum atomic E-state index is 12.2. The third kappa shape index (κ3) is 6.52. The van der Waals surface area contributed by atoms with E-state index in [1.54, 1.807) is 0 Å². The van der Waals surface area contributed by atoms with Crippen LogP contribution in [-0.2, 0) is 13.0 Å². The van der Waals surface area contributed by atoms with E-state index < -0.39 is 5.91 Å². The van der Waals surface area contributed by atoms with Crippen LogP contribution in [0.1, 0.15) is 41.9 Å². The molecule has 1 unspecified atom stereocenters. The highest BCUT2D eigenvalue weighted by Crippen LogP contribution is 2.30. The normalized spacial score (nSPS) is 12.1. The van der Waals surface area contributed by atoms with E-state index >= 15 is 0 Å². The summed E-state index contributed by atoms with van der Waals surface area (Å²) in [5, 5.41) is 13.7. The van der Waals surface area contributed by atoms with Gasteiger partial charge in [0.2, 0.25) is 0 Å². The summed E-state index contributed by atoms with van der Waals surface area (Å²) in [4.78, 5) is 12.2. The number of nitrogens with zero attached hydrogens (tertiary/aromatic N) is 1. The number of aliphatic hydroxyl groups is 1. The number of carbonyl (C=O) groups is 1. The quantitative estimate of drug-likeness (QED) is 0.287. The van der Waals surface area contributed by atoms with Crippen molar-refractivity contribution in [3.8, 4) is 11.5 Å². The summed E-state index contributed by atoms with van der Waals surface area (Å²) < 4.78 is 14.6. The zero-order chi connectivity index (χ0) is 24.7. The fourth-order valence-corrected chi connectivity index (χ4v) is 4.53. The van der Waals surface area contributed by atoms with Crippen LogP contribution in [-0.4, -0.2) is 48.0 Å². The first kappa shape index (κ1) is 26.1. The highest BCUT2D eigenvalue weighted by atomic mass is 79.9. The van der Waals surface area contributed by atoms with Crippen LogP contribution in [0, 0.1) is 6.92 Å². The van der Waals surface area contributed by atoms with E-state index in [2.05, 4.69) is 44.9 Å². The van der Waals surface area contributed by atoms with Gasteiger partial charge in [0, 0.05) is 41.3 Å². The van der Waals surface area contributed by atoms with Crippen LogP contribution in [0.15, 0.2) is 40.9 Å². The Bertz CT molecular complexity index is 1130. The van der Waals surface area contributed by atoms with E-state index in [1.165, 1.54) is 0 Å². The molecule has 1 atom stereocenters. The topological polar surface area (TPSA) is 98.7 Å². The number of benzene rings is 2. The third-order valence-corrected chi connectivity index (χ3v) is 6.16. The second-order valence-electron chi connectivity index (χ2n) is 8.39. The van der Waals surface area contributed by atoms with E-state index in [0.717, 1.165) is 44.6 Å². The Morgan fingerprint density at radius 2 is 2.00 bits per heavy atom. The summed E-state index contributed by atoms with van der Waals surface area (Å²) in [6.07, 6.45) is 1.37. The second kappa shape index (κ2) is 12.2. The molecule has 34 heavy (non-hydrogen) atoms. The average molecular weight is 532 g/mol. The van der Waals surface area contributed by atoms with E-state index in [9.17, 15) is 9.90 Å². The molecule has 0 aliphatic heterocycles. The number of ether oxygens (including phenoxy) is 2. The molecular weight excluding hydrogens is 498 g/mol. The minimum Gasteiger partial charge on any atom is -0.490 e. The van der Waals surface area contributed by atoms with Gasteiger partial charge in [-0.3, -0.25) is 4.79 Å². The third-order valence-electron chi connectivity index (χ3n) is 5.66. The minimum absolute atomic E-state index is 0.102. The Morgan fingerprint density at radius 3 is 2.71 bits per heavy atom. The maximum Gasteiger partial charge on any atom is 0.250 e. The lowest BCUT2D eigenvalue weighted by Crippen LogP contribution is -2.32. The van der Waals surface area contributed by atoms with Crippen molar-refractivity contribution >= 4 is 32.7 Å². The number of primary amides is 1. The smallest absolute Gasteiger partial charge is 0.250 e. The number of fused-ring (bicyclic) bond motifs is 1. The number of halogens is 1. The zero-order valence-corrected chi connectivity index (χ0v) is 21.7. The molecule has 3 aromatic rings. The number of amides is 1.